The number of fused-ring (bicyclic) bond motifs is 1. The summed E-state index contributed by atoms with van der Waals surface area (Å²) in [5.41, 5.74) is 1.09. The van der Waals surface area contributed by atoms with Gasteiger partial charge in [0.1, 0.15) is 0 Å². The number of thiazole rings is 1. The molecule has 134 valence electrons. The van der Waals surface area contributed by atoms with Crippen molar-refractivity contribution in [2.75, 3.05) is 11.1 Å². The third-order valence-corrected chi connectivity index (χ3v) is 7.22. The Hall–Kier alpha value is -1.44. The maximum Gasteiger partial charge on any atom is 0.226 e. The number of hydrogen-bond donors (Lipinski definition) is 1. The van der Waals surface area contributed by atoms with E-state index in [-0.39, 0.29) is 29.4 Å². The number of sulfone groups is 1. The first-order valence-electron chi connectivity index (χ1n) is 8.21. The van der Waals surface area contributed by atoms with Crippen LogP contribution in [0.25, 0.3) is 0 Å². The molecule has 5 nitrogen and oxygen atoms in total. The molecule has 0 saturated heterocycles. The molecule has 25 heavy (non-hydrogen) atoms. The molecule has 0 bridgehead atoms. The number of aryl methyl sites for hydroxylation is 2. The minimum absolute atomic E-state index is 0.0730. The lowest BCUT2D eigenvalue weighted by atomic mass is 10.0. The van der Waals surface area contributed by atoms with E-state index in [1.807, 2.05) is 0 Å². The molecule has 2 aromatic rings. The van der Waals surface area contributed by atoms with Gasteiger partial charge in [-0.15, -0.1) is 11.3 Å². The van der Waals surface area contributed by atoms with Crippen molar-refractivity contribution in [3.63, 3.8) is 0 Å². The Bertz CT molecular complexity index is 837. The third kappa shape index (κ3) is 4.80. The number of hydrogen-bond acceptors (Lipinski definition) is 5. The zero-order valence-electron chi connectivity index (χ0n) is 13.6. The molecule has 1 aromatic carbocycles. The first-order chi connectivity index (χ1) is 11.9. The molecule has 1 amide bonds. The van der Waals surface area contributed by atoms with Gasteiger partial charge >= 0.3 is 0 Å². The SMILES string of the molecule is O=C(CCCS(=O)(=O)c1ccc(Cl)cc1)Nc1nc2c(s1)CCCC2. The van der Waals surface area contributed by atoms with Crippen LogP contribution in [0.3, 0.4) is 0 Å². The van der Waals surface area contributed by atoms with Gasteiger partial charge in [0.05, 0.1) is 16.3 Å². The van der Waals surface area contributed by atoms with Crippen molar-refractivity contribution in [3.8, 4) is 0 Å². The predicted molar refractivity (Wildman–Crippen MR) is 100 cm³/mol. The molecule has 0 unspecified atom stereocenters. The summed E-state index contributed by atoms with van der Waals surface area (Å²) < 4.78 is 24.5. The minimum atomic E-state index is -3.40. The van der Waals surface area contributed by atoms with Crippen LogP contribution in [-0.2, 0) is 27.5 Å². The molecule has 1 aliphatic carbocycles. The molecule has 1 N–H and O–H groups in total. The number of nitrogens with one attached hydrogen (secondary N) is 1. The second-order valence-electron chi connectivity index (χ2n) is 6.02. The van der Waals surface area contributed by atoms with Crippen LogP contribution >= 0.6 is 22.9 Å². The van der Waals surface area contributed by atoms with Gasteiger partial charge in [-0.25, -0.2) is 13.4 Å². The van der Waals surface area contributed by atoms with Gasteiger partial charge in [0.15, 0.2) is 15.0 Å². The summed E-state index contributed by atoms with van der Waals surface area (Å²) in [4.78, 5) is 18.0. The summed E-state index contributed by atoms with van der Waals surface area (Å²) in [7, 11) is -3.40. The Morgan fingerprint density at radius 3 is 2.64 bits per heavy atom. The van der Waals surface area contributed by atoms with Crippen molar-refractivity contribution in [1.29, 1.82) is 0 Å². The van der Waals surface area contributed by atoms with Gasteiger partial charge in [-0.05, 0) is 56.4 Å². The van der Waals surface area contributed by atoms with Crippen LogP contribution in [0.5, 0.6) is 0 Å². The van der Waals surface area contributed by atoms with Gasteiger partial charge in [0.2, 0.25) is 5.91 Å². The van der Waals surface area contributed by atoms with E-state index in [1.54, 1.807) is 12.1 Å². The molecule has 1 aromatic heterocycles. The predicted octanol–water partition coefficient (Wildman–Crippen LogP) is 3.87. The zero-order valence-corrected chi connectivity index (χ0v) is 16.0. The van der Waals surface area contributed by atoms with Gasteiger partial charge in [-0.3, -0.25) is 4.79 Å². The Morgan fingerprint density at radius 2 is 1.92 bits per heavy atom. The lowest BCUT2D eigenvalue weighted by molar-refractivity contribution is -0.116. The molecular formula is C17H19ClN2O3S2. The molecule has 1 aliphatic rings. The fourth-order valence-electron chi connectivity index (χ4n) is 2.77. The van der Waals surface area contributed by atoms with E-state index in [1.165, 1.54) is 34.8 Å². The fraction of sp³-hybridized carbons (Fsp3) is 0.412. The monoisotopic (exact) mass is 398 g/mol. The van der Waals surface area contributed by atoms with Crippen LogP contribution in [0, 0.1) is 0 Å². The van der Waals surface area contributed by atoms with Crippen molar-refractivity contribution in [2.45, 2.75) is 43.4 Å². The Balaban J connectivity index is 1.50. The third-order valence-electron chi connectivity index (χ3n) is 4.08. The topological polar surface area (TPSA) is 76.1 Å². The minimum Gasteiger partial charge on any atom is -0.302 e. The zero-order chi connectivity index (χ0) is 17.9. The summed E-state index contributed by atoms with van der Waals surface area (Å²) in [5.74, 6) is -0.270. The molecule has 8 heteroatoms. The number of benzene rings is 1. The maximum absolute atomic E-state index is 12.2. The fourth-order valence-corrected chi connectivity index (χ4v) is 5.27. The number of carbonyl (C=O) groups excluding carboxylic acids is 1. The van der Waals surface area contributed by atoms with Crippen molar-refractivity contribution >= 4 is 43.8 Å². The molecule has 0 saturated carbocycles. The van der Waals surface area contributed by atoms with Gasteiger partial charge in [-0.2, -0.15) is 0 Å². The number of carbonyl (C=O) groups is 1. The van der Waals surface area contributed by atoms with E-state index in [4.69, 9.17) is 11.6 Å². The van der Waals surface area contributed by atoms with Crippen LogP contribution in [0.4, 0.5) is 5.13 Å². The summed E-state index contributed by atoms with van der Waals surface area (Å²) in [5, 5.41) is 3.90. The second-order valence-corrected chi connectivity index (χ2v) is 9.65. The highest BCUT2D eigenvalue weighted by atomic mass is 35.5. The van der Waals surface area contributed by atoms with Gasteiger partial charge in [0, 0.05) is 16.3 Å². The van der Waals surface area contributed by atoms with E-state index in [0.717, 1.165) is 25.0 Å². The number of rotatable bonds is 6. The summed E-state index contributed by atoms with van der Waals surface area (Å²) in [6, 6.07) is 6.06. The quantitative estimate of drug-likeness (QED) is 0.801. The van der Waals surface area contributed by atoms with E-state index in [9.17, 15) is 13.2 Å². The number of halogens is 1. The van der Waals surface area contributed by atoms with E-state index in [2.05, 4.69) is 10.3 Å². The lowest BCUT2D eigenvalue weighted by Gasteiger charge is -2.06. The summed E-state index contributed by atoms with van der Waals surface area (Å²) in [6.45, 7) is 0. The highest BCUT2D eigenvalue weighted by Gasteiger charge is 2.18. The van der Waals surface area contributed by atoms with Gasteiger partial charge in [-0.1, -0.05) is 11.6 Å². The summed E-state index contributed by atoms with van der Waals surface area (Å²) in [6.07, 6.45) is 4.74. The van der Waals surface area contributed by atoms with Crippen LogP contribution in [0.2, 0.25) is 5.02 Å². The number of nitrogens with zero attached hydrogens (tertiary/aromatic N) is 1. The van der Waals surface area contributed by atoms with Crippen molar-refractivity contribution in [3.05, 3.63) is 39.9 Å². The highest BCUT2D eigenvalue weighted by molar-refractivity contribution is 7.91. The van der Waals surface area contributed by atoms with Crippen LogP contribution in [-0.4, -0.2) is 25.1 Å². The highest BCUT2D eigenvalue weighted by Crippen LogP contribution is 2.29. The molecule has 0 fully saturated rings. The normalized spacial score (nSPS) is 14.1. The standard InChI is InChI=1S/C17H19ClN2O3S2/c18-12-7-9-13(10-8-12)25(22,23)11-3-6-16(21)20-17-19-14-4-1-2-5-15(14)24-17/h7-10H,1-6,11H2,(H,19,20,21). The van der Waals surface area contributed by atoms with Crippen molar-refractivity contribution in [2.24, 2.45) is 0 Å². The molecular weight excluding hydrogens is 380 g/mol. The molecule has 0 spiro atoms. The Labute approximate surface area is 156 Å². The van der Waals surface area contributed by atoms with Crippen molar-refractivity contribution < 1.29 is 13.2 Å². The number of anilines is 1. The van der Waals surface area contributed by atoms with Crippen LogP contribution in [0.1, 0.15) is 36.3 Å². The molecule has 3 rings (SSSR count). The largest absolute Gasteiger partial charge is 0.302 e. The van der Waals surface area contributed by atoms with Gasteiger partial charge in [0.25, 0.3) is 0 Å². The molecule has 0 atom stereocenters. The van der Waals surface area contributed by atoms with E-state index >= 15 is 0 Å². The van der Waals surface area contributed by atoms with Crippen LogP contribution in [0.15, 0.2) is 29.2 Å². The summed E-state index contributed by atoms with van der Waals surface area (Å²) >= 11 is 7.30. The van der Waals surface area contributed by atoms with Crippen LogP contribution < -0.4 is 5.32 Å². The average Bonchev–Trinajstić information content (AvgIpc) is 2.97. The number of aromatic nitrogens is 1. The lowest BCUT2D eigenvalue weighted by Crippen LogP contribution is -2.14. The average molecular weight is 399 g/mol. The first-order valence-corrected chi connectivity index (χ1v) is 11.1. The second kappa shape index (κ2) is 7.85. The Morgan fingerprint density at radius 1 is 1.20 bits per heavy atom. The first kappa shape index (κ1) is 18.4. The van der Waals surface area contributed by atoms with Gasteiger partial charge < -0.3 is 5.32 Å². The smallest absolute Gasteiger partial charge is 0.226 e. The molecule has 0 aliphatic heterocycles. The van der Waals surface area contributed by atoms with E-state index < -0.39 is 9.84 Å². The van der Waals surface area contributed by atoms with Crippen molar-refractivity contribution in [1.82, 2.24) is 4.98 Å². The molecule has 0 radical (unpaired) electrons. The Kier molecular flexibility index (Phi) is 5.76. The molecule has 1 heterocycles. The van der Waals surface area contributed by atoms with E-state index in [0.29, 0.717) is 10.2 Å². The maximum atomic E-state index is 12.2. The number of amides is 1.